The fourth-order valence-electron chi connectivity index (χ4n) is 1.77. The number of likely N-dealkylation sites (tertiary alicyclic amines) is 1. The highest BCUT2D eigenvalue weighted by atomic mass is 35.5. The van der Waals surface area contributed by atoms with Crippen molar-refractivity contribution in [2.24, 2.45) is 0 Å². The summed E-state index contributed by atoms with van der Waals surface area (Å²) in [6.45, 7) is 5.87. The Labute approximate surface area is 109 Å². The number of nitrogens with one attached hydrogen (secondary N) is 1. The van der Waals surface area contributed by atoms with Crippen LogP contribution in [0.4, 0.5) is 0 Å². The van der Waals surface area contributed by atoms with E-state index in [9.17, 15) is 4.79 Å². The molecule has 1 saturated heterocycles. The van der Waals surface area contributed by atoms with E-state index in [2.05, 4.69) is 5.32 Å². The van der Waals surface area contributed by atoms with Crippen LogP contribution in [0.1, 0.15) is 13.3 Å². The second-order valence-corrected chi connectivity index (χ2v) is 3.85. The maximum atomic E-state index is 11.6. The zero-order valence-electron chi connectivity index (χ0n) is 10.6. The monoisotopic (exact) mass is 266 g/mol. The zero-order valence-corrected chi connectivity index (χ0v) is 11.4. The predicted octanol–water partition coefficient (Wildman–Crippen LogP) is 0.282. The van der Waals surface area contributed by atoms with E-state index in [0.29, 0.717) is 26.3 Å². The normalized spacial score (nSPS) is 19.2. The number of carbonyl (C=O) groups is 1. The van der Waals surface area contributed by atoms with Gasteiger partial charge in [0.15, 0.2) is 0 Å². The SMILES string of the molecule is CCOCCO[C@H]1CCN(C(=O)CNC)C1.Cl. The van der Waals surface area contributed by atoms with Crippen molar-refractivity contribution in [3.05, 3.63) is 0 Å². The van der Waals surface area contributed by atoms with E-state index < -0.39 is 0 Å². The lowest BCUT2D eigenvalue weighted by atomic mass is 10.3. The summed E-state index contributed by atoms with van der Waals surface area (Å²) >= 11 is 0. The Morgan fingerprint density at radius 2 is 2.24 bits per heavy atom. The van der Waals surface area contributed by atoms with Crippen LogP contribution in [-0.4, -0.2) is 63.4 Å². The number of amides is 1. The second-order valence-electron chi connectivity index (χ2n) is 3.85. The molecule has 1 atom stereocenters. The highest BCUT2D eigenvalue weighted by Crippen LogP contribution is 2.12. The molecule has 0 aromatic carbocycles. The first-order valence-corrected chi connectivity index (χ1v) is 5.89. The minimum absolute atomic E-state index is 0. The molecule has 1 heterocycles. The van der Waals surface area contributed by atoms with E-state index in [-0.39, 0.29) is 24.4 Å². The van der Waals surface area contributed by atoms with E-state index in [0.717, 1.165) is 19.6 Å². The van der Waals surface area contributed by atoms with Crippen molar-refractivity contribution in [1.29, 1.82) is 0 Å². The molecule has 0 bridgehead atoms. The number of ether oxygens (including phenoxy) is 2. The molecular formula is C11H23ClN2O3. The average Bonchev–Trinajstić information content (AvgIpc) is 2.73. The Morgan fingerprint density at radius 3 is 2.88 bits per heavy atom. The van der Waals surface area contributed by atoms with Gasteiger partial charge in [-0.15, -0.1) is 12.4 Å². The van der Waals surface area contributed by atoms with Crippen LogP contribution in [0, 0.1) is 0 Å². The molecule has 5 nitrogen and oxygen atoms in total. The van der Waals surface area contributed by atoms with Gasteiger partial charge in [0.2, 0.25) is 5.91 Å². The molecule has 1 aliphatic heterocycles. The molecule has 0 aromatic rings. The molecule has 1 fully saturated rings. The summed E-state index contributed by atoms with van der Waals surface area (Å²) in [6.07, 6.45) is 1.11. The third kappa shape index (κ3) is 6.21. The van der Waals surface area contributed by atoms with Gasteiger partial charge in [0.1, 0.15) is 0 Å². The first-order chi connectivity index (χ1) is 7.77. The first-order valence-electron chi connectivity index (χ1n) is 5.89. The second kappa shape index (κ2) is 9.65. The van der Waals surface area contributed by atoms with Crippen molar-refractivity contribution in [3.8, 4) is 0 Å². The number of likely N-dealkylation sites (N-methyl/N-ethyl adjacent to an activating group) is 1. The predicted molar refractivity (Wildman–Crippen MR) is 68.6 cm³/mol. The van der Waals surface area contributed by atoms with Gasteiger partial charge in [0.25, 0.3) is 0 Å². The quantitative estimate of drug-likeness (QED) is 0.673. The van der Waals surface area contributed by atoms with Gasteiger partial charge in [0.05, 0.1) is 25.9 Å². The van der Waals surface area contributed by atoms with Crippen molar-refractivity contribution in [1.82, 2.24) is 10.2 Å². The fourth-order valence-corrected chi connectivity index (χ4v) is 1.77. The van der Waals surface area contributed by atoms with Crippen molar-refractivity contribution in [3.63, 3.8) is 0 Å². The topological polar surface area (TPSA) is 50.8 Å². The third-order valence-corrected chi connectivity index (χ3v) is 2.61. The van der Waals surface area contributed by atoms with Gasteiger partial charge in [-0.25, -0.2) is 0 Å². The molecule has 102 valence electrons. The fraction of sp³-hybridized carbons (Fsp3) is 0.909. The van der Waals surface area contributed by atoms with E-state index in [4.69, 9.17) is 9.47 Å². The summed E-state index contributed by atoms with van der Waals surface area (Å²) in [4.78, 5) is 13.4. The van der Waals surface area contributed by atoms with Gasteiger partial charge in [0, 0.05) is 19.7 Å². The summed E-state index contributed by atoms with van der Waals surface area (Å²) in [5.74, 6) is 0.151. The summed E-state index contributed by atoms with van der Waals surface area (Å²) in [7, 11) is 1.78. The van der Waals surface area contributed by atoms with Gasteiger partial charge in [-0.05, 0) is 20.4 Å². The highest BCUT2D eigenvalue weighted by molar-refractivity contribution is 5.85. The minimum Gasteiger partial charge on any atom is -0.379 e. The average molecular weight is 267 g/mol. The van der Waals surface area contributed by atoms with Gasteiger partial charge in [-0.1, -0.05) is 0 Å². The molecule has 0 aliphatic carbocycles. The molecule has 0 radical (unpaired) electrons. The van der Waals surface area contributed by atoms with Crippen molar-refractivity contribution in [2.45, 2.75) is 19.4 Å². The number of hydrogen-bond donors (Lipinski definition) is 1. The number of halogens is 1. The molecule has 0 unspecified atom stereocenters. The highest BCUT2D eigenvalue weighted by Gasteiger charge is 2.25. The van der Waals surface area contributed by atoms with Crippen molar-refractivity contribution >= 4 is 18.3 Å². The number of rotatable bonds is 7. The summed E-state index contributed by atoms with van der Waals surface area (Å²) < 4.78 is 10.8. The molecule has 1 rings (SSSR count). The number of hydrogen-bond acceptors (Lipinski definition) is 4. The first kappa shape index (κ1) is 16.6. The van der Waals surface area contributed by atoms with Crippen LogP contribution in [0.5, 0.6) is 0 Å². The maximum absolute atomic E-state index is 11.6. The van der Waals surface area contributed by atoms with Crippen LogP contribution in [0.15, 0.2) is 0 Å². The molecule has 1 amide bonds. The molecule has 0 aromatic heterocycles. The molecule has 17 heavy (non-hydrogen) atoms. The zero-order chi connectivity index (χ0) is 11.8. The van der Waals surface area contributed by atoms with Gasteiger partial charge < -0.3 is 19.7 Å². The lowest BCUT2D eigenvalue weighted by molar-refractivity contribution is -0.129. The molecule has 6 heteroatoms. The van der Waals surface area contributed by atoms with E-state index >= 15 is 0 Å². The van der Waals surface area contributed by atoms with Crippen molar-refractivity contribution in [2.75, 3.05) is 46.5 Å². The van der Waals surface area contributed by atoms with E-state index in [1.165, 1.54) is 0 Å². The molecule has 0 spiro atoms. The van der Waals surface area contributed by atoms with Crippen LogP contribution < -0.4 is 5.32 Å². The lowest BCUT2D eigenvalue weighted by Gasteiger charge is -2.16. The van der Waals surface area contributed by atoms with Gasteiger partial charge in [-0.3, -0.25) is 4.79 Å². The van der Waals surface area contributed by atoms with Crippen molar-refractivity contribution < 1.29 is 14.3 Å². The number of nitrogens with zero attached hydrogens (tertiary/aromatic N) is 1. The Bertz CT molecular complexity index is 217. The maximum Gasteiger partial charge on any atom is 0.236 e. The number of carbonyl (C=O) groups excluding carboxylic acids is 1. The molecule has 1 aliphatic rings. The Morgan fingerprint density at radius 1 is 1.47 bits per heavy atom. The summed E-state index contributed by atoms with van der Waals surface area (Å²) in [6, 6.07) is 0. The van der Waals surface area contributed by atoms with Crippen LogP contribution in [0.25, 0.3) is 0 Å². The van der Waals surface area contributed by atoms with E-state index in [1.807, 2.05) is 11.8 Å². The van der Waals surface area contributed by atoms with Crippen LogP contribution in [-0.2, 0) is 14.3 Å². The summed E-state index contributed by atoms with van der Waals surface area (Å²) in [5.41, 5.74) is 0. The van der Waals surface area contributed by atoms with Crippen LogP contribution in [0.3, 0.4) is 0 Å². The lowest BCUT2D eigenvalue weighted by Crippen LogP contribution is -2.36. The van der Waals surface area contributed by atoms with Crippen LogP contribution in [0.2, 0.25) is 0 Å². The van der Waals surface area contributed by atoms with Gasteiger partial charge in [-0.2, -0.15) is 0 Å². The Balaban J connectivity index is 0.00000256. The standard InChI is InChI=1S/C11H22N2O3.ClH/c1-3-15-6-7-16-10-4-5-13(9-10)11(14)8-12-2;/h10,12H,3-9H2,1-2H3;1H/t10-;/m0./s1. The molecule has 1 N–H and O–H groups in total. The smallest absolute Gasteiger partial charge is 0.236 e. The molecular weight excluding hydrogens is 244 g/mol. The third-order valence-electron chi connectivity index (χ3n) is 2.61. The molecule has 0 saturated carbocycles. The summed E-state index contributed by atoms with van der Waals surface area (Å²) in [5, 5.41) is 2.87. The van der Waals surface area contributed by atoms with E-state index in [1.54, 1.807) is 7.05 Å². The largest absolute Gasteiger partial charge is 0.379 e. The Kier molecular flexibility index (Phi) is 9.44. The minimum atomic E-state index is 0. The van der Waals surface area contributed by atoms with Gasteiger partial charge >= 0.3 is 0 Å². The van der Waals surface area contributed by atoms with Crippen LogP contribution >= 0.6 is 12.4 Å². The Hall–Kier alpha value is -0.360.